The Labute approximate surface area is 582 Å². The Hall–Kier alpha value is -11.1. The van der Waals surface area contributed by atoms with Gasteiger partial charge in [0.2, 0.25) is 0 Å². The molecule has 0 radical (unpaired) electrons. The molecule has 19 heteroatoms. The van der Waals surface area contributed by atoms with Crippen LogP contribution in [0, 0.1) is 36.5 Å². The fraction of sp³-hybridized carbons (Fsp3) is 0.338. The number of esters is 2. The molecule has 2 heterocycles. The number of aldehydes is 1. The summed E-state index contributed by atoms with van der Waals surface area (Å²) in [6, 6.07) is 56.9. The van der Waals surface area contributed by atoms with Gasteiger partial charge in [0.25, 0.3) is 0 Å². The maximum absolute atomic E-state index is 13.6. The number of nitriles is 2. The Morgan fingerprint density at radius 2 is 0.889 bits per heavy atom. The maximum atomic E-state index is 13.6. The molecule has 0 bridgehead atoms. The molecule has 99 heavy (non-hydrogen) atoms. The number of nitrogens with one attached hydrogen (secondary N) is 1. The number of rotatable bonds is 30. The molecule has 0 atom stereocenters. The van der Waals surface area contributed by atoms with Crippen molar-refractivity contribution in [1.29, 1.82) is 10.5 Å². The molecule has 0 aliphatic rings. The van der Waals surface area contributed by atoms with E-state index in [1.807, 2.05) is 201 Å². The highest BCUT2D eigenvalue weighted by Gasteiger charge is 2.28. The van der Waals surface area contributed by atoms with E-state index in [-0.39, 0.29) is 38.2 Å². The van der Waals surface area contributed by atoms with Crippen LogP contribution in [0.4, 0.5) is 21.0 Å². The van der Waals surface area contributed by atoms with Gasteiger partial charge >= 0.3 is 24.1 Å². The molecule has 0 aliphatic carbocycles. The summed E-state index contributed by atoms with van der Waals surface area (Å²) in [6.45, 7) is 17.4. The summed E-state index contributed by atoms with van der Waals surface area (Å²) < 4.78 is 34.9. The number of amides is 2. The number of unbranched alkanes of at least 4 members (excludes halogenated alkanes) is 4. The Kier molecular flexibility index (Phi) is 31.5. The minimum absolute atomic E-state index is 0.121. The maximum Gasteiger partial charge on any atom is 0.410 e. The molecule has 3 N–H and O–H groups in total. The molecule has 0 saturated heterocycles. The van der Waals surface area contributed by atoms with Crippen molar-refractivity contribution in [2.24, 2.45) is 0 Å². The van der Waals surface area contributed by atoms with E-state index in [2.05, 4.69) is 21.4 Å². The second-order valence-corrected chi connectivity index (χ2v) is 25.4. The highest BCUT2D eigenvalue weighted by molar-refractivity contribution is 5.79. The number of ether oxygens (including phenoxy) is 6. The summed E-state index contributed by atoms with van der Waals surface area (Å²) in [4.78, 5) is 75.6. The van der Waals surface area contributed by atoms with E-state index in [1.165, 1.54) is 6.20 Å². The molecule has 2 amide bonds. The van der Waals surface area contributed by atoms with Gasteiger partial charge < -0.3 is 49.3 Å². The minimum atomic E-state index is -0.688. The number of carbonyl (C=O) groups is 5. The zero-order valence-corrected chi connectivity index (χ0v) is 58.2. The number of hydrogen-bond acceptors (Lipinski definition) is 17. The number of nitrogens with zero attached hydrogens (tertiary/aromatic N) is 6. The van der Waals surface area contributed by atoms with Gasteiger partial charge in [-0.15, -0.1) is 0 Å². The second-order valence-electron chi connectivity index (χ2n) is 25.4. The van der Waals surface area contributed by atoms with Gasteiger partial charge in [0.05, 0.1) is 47.7 Å². The number of anilines is 2. The van der Waals surface area contributed by atoms with Crippen molar-refractivity contribution in [2.45, 2.75) is 164 Å². The SMILES string of the molecule is Cc1ncc(C=O)c(CN(CCCCCC(=O)OCc2ccccc2)C(=O)OC(C)(C)C)c1OCc1ccccc1.Cc1ncc(CNc2ccc(C#N)cc2)c(CN(CCCCCC(=O)OCc2ccccc2)C(=O)OC(C)(C)C)c1OCc1ccccc1.N#Cc1ccc(N)cc1. The first kappa shape index (κ1) is 77.0. The van der Waals surface area contributed by atoms with Gasteiger partial charge in [-0.05, 0) is 157 Å². The monoisotopic (exact) mass is 1340 g/mol. The summed E-state index contributed by atoms with van der Waals surface area (Å²) in [6.07, 6.45) is 7.79. The second kappa shape index (κ2) is 40.5. The van der Waals surface area contributed by atoms with E-state index in [1.54, 1.807) is 46.2 Å². The summed E-state index contributed by atoms with van der Waals surface area (Å²) in [5.74, 6) is 0.617. The van der Waals surface area contributed by atoms with E-state index in [4.69, 9.17) is 39.4 Å². The summed E-state index contributed by atoms with van der Waals surface area (Å²) in [5, 5.41) is 20.9. The molecular formula is C80H92N8O11. The largest absolute Gasteiger partial charge is 0.487 e. The quantitative estimate of drug-likeness (QED) is 0.0139. The fourth-order valence-electron chi connectivity index (χ4n) is 9.80. The first-order valence-electron chi connectivity index (χ1n) is 33.2. The standard InChI is InChI=1S/C40H46N4O5.C33H40N2O6.C7H6N2/c1-30-38(48-29-33-16-10-6-11-17-33)36(34(25-42-30)26-43-35-21-19-31(24-41)20-22-35)27-44(39(46)49-40(2,3)4)23-13-7-12-18-37(45)47-28-32-14-8-5-9-15-32;1-25-31(40-24-27-16-10-6-11-17-27)29(28(22-36)20-34-25)21-35(32(38)41-33(2,3)4)19-13-7-12-18-30(37)39-23-26-14-8-5-9-15-26;8-5-6-1-3-7(9)4-2-6/h5-6,8-11,14-17,19-22,25,43H,7,12-13,18,23,26-29H2,1-4H3;5-6,8-11,14-17,20,22H,7,12-13,18-19,21,23-24H2,1-4H3;1-4H,9H2. The van der Waals surface area contributed by atoms with E-state index in [9.17, 15) is 29.2 Å². The van der Waals surface area contributed by atoms with Gasteiger partial charge in [-0.2, -0.15) is 10.5 Å². The van der Waals surface area contributed by atoms with Crippen LogP contribution in [-0.4, -0.2) is 74.5 Å². The lowest BCUT2D eigenvalue weighted by atomic mass is 10.1. The normalized spacial score (nSPS) is 10.7. The van der Waals surface area contributed by atoms with Crippen LogP contribution in [0.3, 0.4) is 0 Å². The van der Waals surface area contributed by atoms with Crippen molar-refractivity contribution in [3.63, 3.8) is 0 Å². The molecule has 0 spiro atoms. The van der Waals surface area contributed by atoms with E-state index in [0.717, 1.165) is 51.8 Å². The number of hydrogen-bond donors (Lipinski definition) is 2. The van der Waals surface area contributed by atoms with Gasteiger partial charge in [0.15, 0.2) is 6.29 Å². The average molecular weight is 1340 g/mol. The van der Waals surface area contributed by atoms with E-state index < -0.39 is 23.4 Å². The van der Waals surface area contributed by atoms with Crippen LogP contribution in [-0.2, 0) is 74.6 Å². The third-order valence-corrected chi connectivity index (χ3v) is 15.0. The lowest BCUT2D eigenvalue weighted by Crippen LogP contribution is -2.37. The third-order valence-electron chi connectivity index (χ3n) is 15.0. The van der Waals surface area contributed by atoms with Crippen molar-refractivity contribution >= 4 is 41.8 Å². The Balaban J connectivity index is 0.000000280. The van der Waals surface area contributed by atoms with Crippen LogP contribution in [0.1, 0.15) is 165 Å². The molecule has 0 fully saturated rings. The predicted molar refractivity (Wildman–Crippen MR) is 382 cm³/mol. The molecule has 6 aromatic carbocycles. The van der Waals surface area contributed by atoms with Crippen molar-refractivity contribution in [3.05, 3.63) is 249 Å². The van der Waals surface area contributed by atoms with E-state index >= 15 is 0 Å². The third kappa shape index (κ3) is 28.7. The first-order chi connectivity index (χ1) is 47.6. The van der Waals surface area contributed by atoms with Gasteiger partial charge in [-0.1, -0.05) is 134 Å². The highest BCUT2D eigenvalue weighted by atomic mass is 16.6. The number of pyridine rings is 2. The highest BCUT2D eigenvalue weighted by Crippen LogP contribution is 2.31. The molecule has 8 rings (SSSR count). The van der Waals surface area contributed by atoms with Crippen molar-refractivity contribution < 1.29 is 52.4 Å². The van der Waals surface area contributed by atoms with Crippen LogP contribution < -0.4 is 20.5 Å². The molecular weight excluding hydrogens is 1250 g/mol. The Morgan fingerprint density at radius 1 is 0.505 bits per heavy atom. The fourth-order valence-corrected chi connectivity index (χ4v) is 9.80. The minimum Gasteiger partial charge on any atom is -0.487 e. The number of aryl methyl sites for hydroxylation is 2. The van der Waals surface area contributed by atoms with Crippen molar-refractivity contribution in [1.82, 2.24) is 19.8 Å². The van der Waals surface area contributed by atoms with Crippen molar-refractivity contribution in [2.75, 3.05) is 24.1 Å². The molecule has 19 nitrogen and oxygen atoms in total. The number of nitrogens with two attached hydrogens (primary N) is 1. The Bertz CT molecular complexity index is 3890. The van der Waals surface area contributed by atoms with Gasteiger partial charge in [-0.3, -0.25) is 24.4 Å². The van der Waals surface area contributed by atoms with Crippen LogP contribution in [0.25, 0.3) is 0 Å². The zero-order valence-electron chi connectivity index (χ0n) is 58.2. The topological polar surface area (TPSA) is 259 Å². The van der Waals surface area contributed by atoms with Crippen molar-refractivity contribution in [3.8, 4) is 23.6 Å². The molecule has 518 valence electrons. The lowest BCUT2D eigenvalue weighted by Gasteiger charge is -2.29. The molecule has 0 saturated carbocycles. The lowest BCUT2D eigenvalue weighted by molar-refractivity contribution is -0.146. The molecule has 8 aromatic rings. The van der Waals surface area contributed by atoms with Gasteiger partial charge in [0, 0.05) is 72.9 Å². The number of benzene rings is 6. The molecule has 2 aromatic heterocycles. The predicted octanol–water partition coefficient (Wildman–Crippen LogP) is 16.5. The Morgan fingerprint density at radius 3 is 1.29 bits per heavy atom. The van der Waals surface area contributed by atoms with Crippen LogP contribution in [0.15, 0.2) is 182 Å². The van der Waals surface area contributed by atoms with Crippen LogP contribution in [0.5, 0.6) is 11.5 Å². The summed E-state index contributed by atoms with van der Waals surface area (Å²) >= 11 is 0. The number of carbonyl (C=O) groups excluding carboxylic acids is 5. The smallest absolute Gasteiger partial charge is 0.410 e. The summed E-state index contributed by atoms with van der Waals surface area (Å²) in [5.41, 5.74) is 14.6. The molecule has 0 unspecified atom stereocenters. The summed E-state index contributed by atoms with van der Waals surface area (Å²) in [7, 11) is 0. The van der Waals surface area contributed by atoms with Crippen LogP contribution in [0.2, 0.25) is 0 Å². The average Bonchev–Trinajstić information content (AvgIpc) is 0.829. The van der Waals surface area contributed by atoms with E-state index in [0.29, 0.717) is 129 Å². The first-order valence-corrected chi connectivity index (χ1v) is 33.2. The molecule has 0 aliphatic heterocycles. The van der Waals surface area contributed by atoms with Gasteiger partial charge in [-0.25, -0.2) is 9.59 Å². The zero-order chi connectivity index (χ0) is 71.4. The van der Waals surface area contributed by atoms with Gasteiger partial charge in [0.1, 0.15) is 49.1 Å². The van der Waals surface area contributed by atoms with Crippen LogP contribution >= 0.6 is 0 Å². The number of aromatic nitrogens is 2. The number of nitrogen functional groups attached to an aromatic ring is 1.